The number of fused-ring (bicyclic) bond motifs is 1. The quantitative estimate of drug-likeness (QED) is 0.604. The van der Waals surface area contributed by atoms with Crippen molar-refractivity contribution in [2.75, 3.05) is 0 Å². The maximum absolute atomic E-state index is 12.6. The van der Waals surface area contributed by atoms with Gasteiger partial charge in [0.1, 0.15) is 0 Å². The summed E-state index contributed by atoms with van der Waals surface area (Å²) in [4.78, 5) is 16.6. The molecule has 0 aliphatic heterocycles. The summed E-state index contributed by atoms with van der Waals surface area (Å²) < 4.78 is 4.04. The summed E-state index contributed by atoms with van der Waals surface area (Å²) >= 11 is 0. The molecule has 0 radical (unpaired) electrons. The van der Waals surface area contributed by atoms with E-state index < -0.39 is 0 Å². The summed E-state index contributed by atoms with van der Waals surface area (Å²) in [7, 11) is 1.98. The maximum Gasteiger partial charge on any atom is 0.252 e. The molecule has 0 saturated heterocycles. The lowest BCUT2D eigenvalue weighted by molar-refractivity contribution is 0.0952. The number of aryl methyl sites for hydroxylation is 1. The summed E-state index contributed by atoms with van der Waals surface area (Å²) in [5, 5.41) is 3.99. The SMILES string of the molecule is Cn1ccc2c(C(=O)NCc3ccc(Cn4ccnc4)cc3)cccc21. The van der Waals surface area contributed by atoms with Crippen LogP contribution in [0, 0.1) is 0 Å². The van der Waals surface area contributed by atoms with Gasteiger partial charge < -0.3 is 14.5 Å². The molecule has 130 valence electrons. The van der Waals surface area contributed by atoms with Crippen LogP contribution in [0.15, 0.2) is 73.4 Å². The second kappa shape index (κ2) is 6.88. The maximum atomic E-state index is 12.6. The lowest BCUT2D eigenvalue weighted by atomic mass is 10.1. The van der Waals surface area contributed by atoms with Gasteiger partial charge in [0.25, 0.3) is 5.91 Å². The fourth-order valence-electron chi connectivity index (χ4n) is 3.13. The Balaban J connectivity index is 1.42. The number of nitrogens with zero attached hydrogens (tertiary/aromatic N) is 3. The van der Waals surface area contributed by atoms with Gasteiger partial charge in [0.2, 0.25) is 0 Å². The minimum atomic E-state index is -0.0516. The van der Waals surface area contributed by atoms with Gasteiger partial charge in [-0.1, -0.05) is 30.3 Å². The van der Waals surface area contributed by atoms with Crippen molar-refractivity contribution >= 4 is 16.8 Å². The Labute approximate surface area is 151 Å². The Morgan fingerprint density at radius 1 is 1.04 bits per heavy atom. The molecule has 2 aromatic heterocycles. The van der Waals surface area contributed by atoms with Crippen LogP contribution in [0.1, 0.15) is 21.5 Å². The van der Waals surface area contributed by atoms with Gasteiger partial charge in [-0.25, -0.2) is 4.98 Å². The minimum absolute atomic E-state index is 0.0516. The highest BCUT2D eigenvalue weighted by atomic mass is 16.1. The molecule has 1 N–H and O–H groups in total. The second-order valence-electron chi connectivity index (χ2n) is 6.40. The first-order chi connectivity index (χ1) is 12.7. The van der Waals surface area contributed by atoms with Crippen molar-refractivity contribution < 1.29 is 4.79 Å². The lowest BCUT2D eigenvalue weighted by Gasteiger charge is -2.08. The van der Waals surface area contributed by atoms with Crippen molar-refractivity contribution in [1.29, 1.82) is 0 Å². The number of hydrogen-bond acceptors (Lipinski definition) is 2. The molecular weight excluding hydrogens is 324 g/mol. The first-order valence-electron chi connectivity index (χ1n) is 8.56. The third-order valence-electron chi connectivity index (χ3n) is 4.57. The van der Waals surface area contributed by atoms with Crippen LogP contribution < -0.4 is 5.32 Å². The molecule has 1 amide bonds. The summed E-state index contributed by atoms with van der Waals surface area (Å²) in [5.74, 6) is -0.0516. The normalized spacial score (nSPS) is 11.0. The van der Waals surface area contributed by atoms with E-state index in [-0.39, 0.29) is 5.91 Å². The highest BCUT2D eigenvalue weighted by molar-refractivity contribution is 6.06. The van der Waals surface area contributed by atoms with Crippen LogP contribution in [0.4, 0.5) is 0 Å². The second-order valence-corrected chi connectivity index (χ2v) is 6.40. The molecule has 5 heteroatoms. The predicted octanol–water partition coefficient (Wildman–Crippen LogP) is 3.35. The number of imidazole rings is 1. The van der Waals surface area contributed by atoms with E-state index in [1.807, 2.05) is 52.8 Å². The van der Waals surface area contributed by atoms with Gasteiger partial charge in [0.05, 0.1) is 6.33 Å². The summed E-state index contributed by atoms with van der Waals surface area (Å²) in [6.07, 6.45) is 7.49. The number of carbonyl (C=O) groups is 1. The van der Waals surface area contributed by atoms with Crippen LogP contribution in [-0.2, 0) is 20.1 Å². The summed E-state index contributed by atoms with van der Waals surface area (Å²) in [5.41, 5.74) is 4.04. The van der Waals surface area contributed by atoms with Crippen LogP contribution in [0.2, 0.25) is 0 Å². The van der Waals surface area contributed by atoms with Gasteiger partial charge in [-0.2, -0.15) is 0 Å². The lowest BCUT2D eigenvalue weighted by Crippen LogP contribution is -2.22. The van der Waals surface area contributed by atoms with Gasteiger partial charge in [0, 0.05) is 55.2 Å². The van der Waals surface area contributed by atoms with Crippen molar-refractivity contribution in [3.63, 3.8) is 0 Å². The average Bonchev–Trinajstić information content (AvgIpc) is 3.31. The first kappa shape index (κ1) is 16.1. The van der Waals surface area contributed by atoms with Crippen molar-refractivity contribution in [2.45, 2.75) is 13.1 Å². The Kier molecular flexibility index (Phi) is 4.27. The van der Waals surface area contributed by atoms with E-state index in [0.717, 1.165) is 23.0 Å². The van der Waals surface area contributed by atoms with Crippen LogP contribution >= 0.6 is 0 Å². The van der Waals surface area contributed by atoms with Gasteiger partial charge in [-0.3, -0.25) is 4.79 Å². The Hall–Kier alpha value is -3.34. The topological polar surface area (TPSA) is 51.9 Å². The van der Waals surface area contributed by atoms with Crippen molar-refractivity contribution in [3.8, 4) is 0 Å². The number of hydrogen-bond donors (Lipinski definition) is 1. The zero-order valence-electron chi connectivity index (χ0n) is 14.6. The highest BCUT2D eigenvalue weighted by Crippen LogP contribution is 2.19. The van der Waals surface area contributed by atoms with E-state index in [0.29, 0.717) is 12.1 Å². The smallest absolute Gasteiger partial charge is 0.252 e. The van der Waals surface area contributed by atoms with E-state index in [1.54, 1.807) is 12.5 Å². The molecule has 4 aromatic rings. The molecular formula is C21H20N4O. The Morgan fingerprint density at radius 3 is 2.62 bits per heavy atom. The molecule has 0 saturated carbocycles. The molecule has 0 unspecified atom stereocenters. The van der Waals surface area contributed by atoms with E-state index in [1.165, 1.54) is 5.56 Å². The van der Waals surface area contributed by atoms with Crippen molar-refractivity contribution in [2.24, 2.45) is 7.05 Å². The van der Waals surface area contributed by atoms with E-state index in [4.69, 9.17) is 0 Å². The van der Waals surface area contributed by atoms with Crippen LogP contribution in [0.25, 0.3) is 10.9 Å². The molecule has 26 heavy (non-hydrogen) atoms. The molecule has 4 rings (SSSR count). The molecule has 0 atom stereocenters. The zero-order valence-corrected chi connectivity index (χ0v) is 14.6. The molecule has 5 nitrogen and oxygen atoms in total. The monoisotopic (exact) mass is 344 g/mol. The van der Waals surface area contributed by atoms with Crippen LogP contribution in [0.5, 0.6) is 0 Å². The molecule has 0 spiro atoms. The van der Waals surface area contributed by atoms with E-state index in [2.05, 4.69) is 34.6 Å². The number of carbonyl (C=O) groups excluding carboxylic acids is 1. The number of nitrogens with one attached hydrogen (secondary N) is 1. The average molecular weight is 344 g/mol. The Morgan fingerprint density at radius 2 is 1.85 bits per heavy atom. The summed E-state index contributed by atoms with van der Waals surface area (Å²) in [6.45, 7) is 1.30. The summed E-state index contributed by atoms with van der Waals surface area (Å²) in [6, 6.07) is 16.1. The number of rotatable bonds is 5. The standard InChI is InChI=1S/C21H20N4O/c1-24-11-9-18-19(3-2-4-20(18)24)21(26)23-13-16-5-7-17(8-6-16)14-25-12-10-22-15-25/h2-12,15H,13-14H2,1H3,(H,23,26). The molecule has 2 aromatic carbocycles. The van der Waals surface area contributed by atoms with Gasteiger partial charge in [-0.15, -0.1) is 0 Å². The number of benzene rings is 2. The third-order valence-corrected chi connectivity index (χ3v) is 4.57. The fraction of sp³-hybridized carbons (Fsp3) is 0.143. The predicted molar refractivity (Wildman–Crippen MR) is 102 cm³/mol. The van der Waals surface area contributed by atoms with Gasteiger partial charge in [-0.05, 0) is 29.3 Å². The zero-order chi connectivity index (χ0) is 17.9. The van der Waals surface area contributed by atoms with Crippen LogP contribution in [0.3, 0.4) is 0 Å². The number of aromatic nitrogens is 3. The molecule has 0 aliphatic carbocycles. The molecule has 0 fully saturated rings. The highest BCUT2D eigenvalue weighted by Gasteiger charge is 2.11. The van der Waals surface area contributed by atoms with E-state index in [9.17, 15) is 4.79 Å². The van der Waals surface area contributed by atoms with Crippen LogP contribution in [-0.4, -0.2) is 20.0 Å². The first-order valence-corrected chi connectivity index (χ1v) is 8.56. The Bertz CT molecular complexity index is 1030. The fourth-order valence-corrected chi connectivity index (χ4v) is 3.13. The largest absolute Gasteiger partial charge is 0.351 e. The van der Waals surface area contributed by atoms with Crippen molar-refractivity contribution in [3.05, 3.63) is 90.1 Å². The van der Waals surface area contributed by atoms with Gasteiger partial charge in [0.15, 0.2) is 0 Å². The van der Waals surface area contributed by atoms with E-state index >= 15 is 0 Å². The number of amides is 1. The third kappa shape index (κ3) is 3.24. The molecule has 2 heterocycles. The molecule has 0 aliphatic rings. The molecule has 0 bridgehead atoms. The van der Waals surface area contributed by atoms with Crippen molar-refractivity contribution in [1.82, 2.24) is 19.4 Å². The van der Waals surface area contributed by atoms with Gasteiger partial charge >= 0.3 is 0 Å². The minimum Gasteiger partial charge on any atom is -0.351 e.